The zero-order chi connectivity index (χ0) is 14.0. The second-order valence-corrected chi connectivity index (χ2v) is 5.43. The Morgan fingerprint density at radius 2 is 2.00 bits per heavy atom. The van der Waals surface area contributed by atoms with Crippen molar-refractivity contribution in [3.63, 3.8) is 0 Å². The van der Waals surface area contributed by atoms with Crippen LogP contribution >= 0.6 is 23.2 Å². The van der Waals surface area contributed by atoms with Gasteiger partial charge in [-0.3, -0.25) is 4.79 Å². The summed E-state index contributed by atoms with van der Waals surface area (Å²) in [7, 11) is 0. The fourth-order valence-electron chi connectivity index (χ4n) is 2.32. The van der Waals surface area contributed by atoms with E-state index < -0.39 is 0 Å². The molecule has 1 heterocycles. The molecule has 1 aromatic rings. The van der Waals surface area contributed by atoms with Crippen molar-refractivity contribution in [1.29, 1.82) is 0 Å². The molecule has 2 atom stereocenters. The fourth-order valence-corrected chi connectivity index (χ4v) is 2.86. The van der Waals surface area contributed by atoms with Crippen LogP contribution in [0.5, 0.6) is 0 Å². The van der Waals surface area contributed by atoms with Crippen LogP contribution in [0.2, 0.25) is 10.0 Å². The highest BCUT2D eigenvalue weighted by Crippen LogP contribution is 2.31. The van der Waals surface area contributed by atoms with E-state index in [4.69, 9.17) is 27.9 Å². The number of rotatable bonds is 2. The third kappa shape index (κ3) is 3.11. The Balaban J connectivity index is 2.38. The maximum Gasteiger partial charge on any atom is 0.246 e. The van der Waals surface area contributed by atoms with Gasteiger partial charge >= 0.3 is 0 Å². The number of carbonyl (C=O) groups is 1. The SMILES string of the molecule is C=CC(=O)N1[C@H](C)COC[C@H]1c1cc(Cl)cc(Cl)c1. The predicted octanol–water partition coefficient (Wildman–Crippen LogP) is 3.47. The minimum Gasteiger partial charge on any atom is -0.377 e. The topological polar surface area (TPSA) is 29.5 Å². The summed E-state index contributed by atoms with van der Waals surface area (Å²) in [5.74, 6) is -0.114. The highest BCUT2D eigenvalue weighted by molar-refractivity contribution is 6.34. The summed E-state index contributed by atoms with van der Waals surface area (Å²) in [4.78, 5) is 13.8. The monoisotopic (exact) mass is 299 g/mol. The van der Waals surface area contributed by atoms with E-state index >= 15 is 0 Å². The largest absolute Gasteiger partial charge is 0.377 e. The van der Waals surface area contributed by atoms with E-state index in [1.807, 2.05) is 19.1 Å². The van der Waals surface area contributed by atoms with Gasteiger partial charge in [-0.25, -0.2) is 0 Å². The van der Waals surface area contributed by atoms with Crippen molar-refractivity contribution in [3.8, 4) is 0 Å². The number of morpholine rings is 1. The molecule has 1 amide bonds. The number of benzene rings is 1. The zero-order valence-corrected chi connectivity index (χ0v) is 12.1. The quantitative estimate of drug-likeness (QED) is 0.783. The van der Waals surface area contributed by atoms with Crippen molar-refractivity contribution in [1.82, 2.24) is 4.90 Å². The van der Waals surface area contributed by atoms with Crippen molar-refractivity contribution in [3.05, 3.63) is 46.5 Å². The van der Waals surface area contributed by atoms with Crippen LogP contribution < -0.4 is 0 Å². The minimum atomic E-state index is -0.189. The number of carbonyl (C=O) groups excluding carboxylic acids is 1. The van der Waals surface area contributed by atoms with E-state index in [9.17, 15) is 4.79 Å². The molecule has 0 radical (unpaired) electrons. The molecule has 0 spiro atoms. The average Bonchev–Trinajstić information content (AvgIpc) is 2.36. The van der Waals surface area contributed by atoms with Crippen LogP contribution in [0.25, 0.3) is 0 Å². The molecule has 1 fully saturated rings. The molecule has 0 N–H and O–H groups in total. The molecule has 2 rings (SSSR count). The van der Waals surface area contributed by atoms with E-state index in [1.54, 1.807) is 11.0 Å². The van der Waals surface area contributed by atoms with Gasteiger partial charge in [-0.05, 0) is 36.8 Å². The second-order valence-electron chi connectivity index (χ2n) is 4.55. The third-order valence-electron chi connectivity index (χ3n) is 3.14. The standard InChI is InChI=1S/C14H15Cl2NO2/c1-3-14(18)17-9(2)7-19-8-13(17)10-4-11(15)6-12(16)5-10/h3-6,9,13H,1,7-8H2,2H3/t9-,13+/m1/s1. The number of hydrogen-bond donors (Lipinski definition) is 0. The lowest BCUT2D eigenvalue weighted by atomic mass is 10.0. The summed E-state index contributed by atoms with van der Waals surface area (Å²) in [6, 6.07) is 5.08. The number of amides is 1. The second kappa shape index (κ2) is 5.95. The van der Waals surface area contributed by atoms with Gasteiger partial charge in [-0.15, -0.1) is 0 Å². The van der Waals surface area contributed by atoms with Crippen molar-refractivity contribution in [2.24, 2.45) is 0 Å². The Bertz CT molecular complexity index is 484. The van der Waals surface area contributed by atoms with Crippen LogP contribution in [0.4, 0.5) is 0 Å². The van der Waals surface area contributed by atoms with Gasteiger partial charge in [0.2, 0.25) is 5.91 Å². The van der Waals surface area contributed by atoms with Crippen molar-refractivity contribution in [2.75, 3.05) is 13.2 Å². The number of hydrogen-bond acceptors (Lipinski definition) is 2. The van der Waals surface area contributed by atoms with Gasteiger partial charge in [0.05, 0.1) is 25.3 Å². The Morgan fingerprint density at radius 1 is 1.37 bits per heavy atom. The molecule has 1 aliphatic heterocycles. The van der Waals surface area contributed by atoms with E-state index in [0.29, 0.717) is 23.3 Å². The van der Waals surface area contributed by atoms with E-state index in [0.717, 1.165) is 5.56 Å². The van der Waals surface area contributed by atoms with Gasteiger partial charge < -0.3 is 9.64 Å². The molecule has 1 saturated heterocycles. The van der Waals surface area contributed by atoms with Gasteiger partial charge in [0.15, 0.2) is 0 Å². The third-order valence-corrected chi connectivity index (χ3v) is 3.58. The number of nitrogens with zero attached hydrogens (tertiary/aromatic N) is 1. The molecule has 102 valence electrons. The molecular formula is C14H15Cl2NO2. The first-order valence-electron chi connectivity index (χ1n) is 6.01. The summed E-state index contributed by atoms with van der Waals surface area (Å²) < 4.78 is 5.54. The Hall–Kier alpha value is -1.03. The Morgan fingerprint density at radius 3 is 2.58 bits per heavy atom. The summed E-state index contributed by atoms with van der Waals surface area (Å²) >= 11 is 12.0. The molecule has 0 aromatic heterocycles. The number of ether oxygens (including phenoxy) is 1. The molecular weight excluding hydrogens is 285 g/mol. The molecule has 5 heteroatoms. The van der Waals surface area contributed by atoms with Gasteiger partial charge in [0, 0.05) is 10.0 Å². The molecule has 0 unspecified atom stereocenters. The molecule has 0 saturated carbocycles. The summed E-state index contributed by atoms with van der Waals surface area (Å²) in [6.07, 6.45) is 1.32. The first-order chi connectivity index (χ1) is 9.02. The fraction of sp³-hybridized carbons (Fsp3) is 0.357. The smallest absolute Gasteiger partial charge is 0.246 e. The van der Waals surface area contributed by atoms with E-state index in [-0.39, 0.29) is 18.0 Å². The Kier molecular flexibility index (Phi) is 4.50. The summed E-state index contributed by atoms with van der Waals surface area (Å²) in [5.41, 5.74) is 0.874. The molecule has 3 nitrogen and oxygen atoms in total. The van der Waals surface area contributed by atoms with E-state index in [2.05, 4.69) is 6.58 Å². The molecule has 0 bridgehead atoms. The van der Waals surface area contributed by atoms with Gasteiger partial charge in [-0.2, -0.15) is 0 Å². The zero-order valence-electron chi connectivity index (χ0n) is 10.6. The summed E-state index contributed by atoms with van der Waals surface area (Å²) in [5, 5.41) is 1.10. The average molecular weight is 300 g/mol. The van der Waals surface area contributed by atoms with Crippen molar-refractivity contribution >= 4 is 29.1 Å². The minimum absolute atomic E-state index is 0.0120. The van der Waals surface area contributed by atoms with Crippen molar-refractivity contribution in [2.45, 2.75) is 19.0 Å². The van der Waals surface area contributed by atoms with Gasteiger partial charge in [-0.1, -0.05) is 29.8 Å². The maximum absolute atomic E-state index is 12.0. The predicted molar refractivity (Wildman–Crippen MR) is 76.5 cm³/mol. The van der Waals surface area contributed by atoms with Crippen LogP contribution in [0, 0.1) is 0 Å². The van der Waals surface area contributed by atoms with Crippen LogP contribution in [0.3, 0.4) is 0 Å². The lowest BCUT2D eigenvalue weighted by Crippen LogP contribution is -2.48. The highest BCUT2D eigenvalue weighted by atomic mass is 35.5. The first-order valence-corrected chi connectivity index (χ1v) is 6.77. The van der Waals surface area contributed by atoms with Gasteiger partial charge in [0.25, 0.3) is 0 Å². The molecule has 19 heavy (non-hydrogen) atoms. The van der Waals surface area contributed by atoms with Crippen LogP contribution in [0.15, 0.2) is 30.9 Å². The highest BCUT2D eigenvalue weighted by Gasteiger charge is 2.32. The summed E-state index contributed by atoms with van der Waals surface area (Å²) in [6.45, 7) is 6.44. The van der Waals surface area contributed by atoms with Crippen LogP contribution in [-0.4, -0.2) is 30.1 Å². The lowest BCUT2D eigenvalue weighted by molar-refractivity contribution is -0.140. The van der Waals surface area contributed by atoms with Crippen molar-refractivity contribution < 1.29 is 9.53 Å². The van der Waals surface area contributed by atoms with Crippen LogP contribution in [0.1, 0.15) is 18.5 Å². The normalized spacial score (nSPS) is 23.2. The number of halogens is 2. The Labute approximate surface area is 122 Å². The van der Waals surface area contributed by atoms with Gasteiger partial charge in [0.1, 0.15) is 0 Å². The molecule has 0 aliphatic carbocycles. The molecule has 1 aliphatic rings. The van der Waals surface area contributed by atoms with Crippen LogP contribution in [-0.2, 0) is 9.53 Å². The maximum atomic E-state index is 12.0. The van der Waals surface area contributed by atoms with E-state index in [1.165, 1.54) is 6.08 Å². The molecule has 1 aromatic carbocycles. The first kappa shape index (κ1) is 14.4. The lowest BCUT2D eigenvalue weighted by Gasteiger charge is -2.40.